The van der Waals surface area contributed by atoms with Crippen LogP contribution in [0.15, 0.2) is 72.9 Å². The van der Waals surface area contributed by atoms with Crippen LogP contribution in [-0.4, -0.2) is 41.0 Å². The summed E-state index contributed by atoms with van der Waals surface area (Å²) in [7, 11) is 0. The summed E-state index contributed by atoms with van der Waals surface area (Å²) in [6.45, 7) is 0.351. The average Bonchev–Trinajstić information content (AvgIpc) is 2.91. The van der Waals surface area contributed by atoms with E-state index in [1.165, 1.54) is 12.1 Å². The summed E-state index contributed by atoms with van der Waals surface area (Å²) in [4.78, 5) is 40.0. The number of unbranched alkanes of at least 4 members (excludes halogenated alkanes) is 1. The molecular formula is C28H30F3N4NaO4. The van der Waals surface area contributed by atoms with Crippen LogP contribution in [0.3, 0.4) is 0 Å². The number of benzene rings is 2. The van der Waals surface area contributed by atoms with Gasteiger partial charge in [0.2, 0.25) is 11.8 Å². The number of carboxylic acids is 1. The van der Waals surface area contributed by atoms with E-state index < -0.39 is 29.7 Å². The maximum absolute atomic E-state index is 12.8. The van der Waals surface area contributed by atoms with E-state index in [-0.39, 0.29) is 56.3 Å². The van der Waals surface area contributed by atoms with E-state index >= 15 is 0 Å². The Hall–Kier alpha value is -3.41. The molecule has 0 radical (unpaired) electrons. The Kier molecular flexibility index (Phi) is 13.1. The predicted octanol–water partition coefficient (Wildman–Crippen LogP) is 1.91. The first-order valence-electron chi connectivity index (χ1n) is 12.3. The first-order valence-corrected chi connectivity index (χ1v) is 12.3. The first-order chi connectivity index (χ1) is 18.6. The van der Waals surface area contributed by atoms with Gasteiger partial charge >= 0.3 is 41.7 Å². The van der Waals surface area contributed by atoms with Crippen molar-refractivity contribution in [3.8, 4) is 11.1 Å². The molecule has 0 fully saturated rings. The minimum absolute atomic E-state index is 0. The van der Waals surface area contributed by atoms with Crippen LogP contribution in [0.25, 0.3) is 11.1 Å². The molecule has 0 saturated carbocycles. The van der Waals surface area contributed by atoms with Crippen molar-refractivity contribution >= 4 is 23.6 Å². The van der Waals surface area contributed by atoms with Crippen molar-refractivity contribution in [1.29, 1.82) is 0 Å². The Balaban J connectivity index is 0.00000420. The van der Waals surface area contributed by atoms with Gasteiger partial charge in [-0.25, -0.2) is 4.98 Å². The van der Waals surface area contributed by atoms with Crippen molar-refractivity contribution in [2.45, 2.75) is 37.9 Å². The summed E-state index contributed by atoms with van der Waals surface area (Å²) in [6.07, 6.45) is -1.55. The number of carbonyl (C=O) groups is 3. The number of nitrogens with zero attached hydrogens (tertiary/aromatic N) is 1. The topological polar surface area (TPSA) is 120 Å². The number of carbonyl (C=O) groups excluding carboxylic acids is 2. The van der Waals surface area contributed by atoms with Crippen LogP contribution in [0.2, 0.25) is 0 Å². The molecule has 1 unspecified atom stereocenters. The molecule has 12 heteroatoms. The van der Waals surface area contributed by atoms with Crippen molar-refractivity contribution in [2.75, 3.05) is 18.4 Å². The van der Waals surface area contributed by atoms with Gasteiger partial charge in [-0.2, -0.15) is 13.2 Å². The molecule has 2 amide bonds. The standard InChI is InChI=1S/C28H29F3N4O4.Na.H/c29-28(30,31)22-13-11-20(12-14-22)19-7-9-21(10-8-19)23(17-27(38)39)35-26(37)18-34-25(36)6-2-4-16-33-24-5-1-3-15-32-24;;/h1,3,5,7-15,23H,2,4,6,16-18H2,(H,32,33)(H,34,36)(H,35,37)(H,38,39);;/q;+1;-1. The Morgan fingerprint density at radius 3 is 2.12 bits per heavy atom. The fraction of sp³-hybridized carbons (Fsp3) is 0.286. The zero-order valence-corrected chi connectivity index (χ0v) is 24.0. The summed E-state index contributed by atoms with van der Waals surface area (Å²) in [6, 6.07) is 15.9. The van der Waals surface area contributed by atoms with Crippen molar-refractivity contribution in [1.82, 2.24) is 15.6 Å². The van der Waals surface area contributed by atoms with Crippen LogP contribution in [-0.2, 0) is 20.6 Å². The molecule has 0 aliphatic rings. The average molecular weight is 567 g/mol. The van der Waals surface area contributed by atoms with Gasteiger partial charge in [0.05, 0.1) is 24.6 Å². The van der Waals surface area contributed by atoms with Gasteiger partial charge in [-0.1, -0.05) is 42.5 Å². The van der Waals surface area contributed by atoms with Crippen molar-refractivity contribution < 1.29 is 63.6 Å². The SMILES string of the molecule is O=C(O)CC(NC(=O)CNC(=O)CCCCNc1ccccn1)c1ccc(-c2ccc(C(F)(F)F)cc2)cc1.[H-].[Na+]. The molecule has 4 N–H and O–H groups in total. The molecule has 40 heavy (non-hydrogen) atoms. The fourth-order valence-corrected chi connectivity index (χ4v) is 3.79. The molecular weight excluding hydrogens is 536 g/mol. The van der Waals surface area contributed by atoms with Crippen molar-refractivity contribution in [3.05, 3.63) is 84.1 Å². The van der Waals surface area contributed by atoms with Crippen molar-refractivity contribution in [2.24, 2.45) is 0 Å². The van der Waals surface area contributed by atoms with E-state index in [1.807, 2.05) is 18.2 Å². The van der Waals surface area contributed by atoms with Gasteiger partial charge < -0.3 is 22.5 Å². The third-order valence-corrected chi connectivity index (χ3v) is 5.82. The number of nitrogens with one attached hydrogen (secondary N) is 3. The zero-order chi connectivity index (χ0) is 28.3. The Bertz CT molecular complexity index is 1250. The molecule has 1 aromatic heterocycles. The van der Waals surface area contributed by atoms with Crippen LogP contribution in [0.5, 0.6) is 0 Å². The number of pyridine rings is 1. The summed E-state index contributed by atoms with van der Waals surface area (Å²) < 4.78 is 38.4. The molecule has 0 aliphatic heterocycles. The van der Waals surface area contributed by atoms with E-state index in [9.17, 15) is 32.7 Å². The molecule has 1 atom stereocenters. The summed E-state index contributed by atoms with van der Waals surface area (Å²) in [5.41, 5.74) is 0.948. The maximum Gasteiger partial charge on any atom is 1.00 e. The molecule has 8 nitrogen and oxygen atoms in total. The Morgan fingerprint density at radius 1 is 0.900 bits per heavy atom. The van der Waals surface area contributed by atoms with Crippen LogP contribution >= 0.6 is 0 Å². The van der Waals surface area contributed by atoms with Gasteiger partial charge in [0.1, 0.15) is 5.82 Å². The second-order valence-corrected chi connectivity index (χ2v) is 8.79. The molecule has 1 heterocycles. The van der Waals surface area contributed by atoms with Crippen LogP contribution in [0.1, 0.15) is 44.3 Å². The largest absolute Gasteiger partial charge is 1.00 e. The van der Waals surface area contributed by atoms with Crippen LogP contribution in [0, 0.1) is 0 Å². The van der Waals surface area contributed by atoms with E-state index in [4.69, 9.17) is 0 Å². The Labute approximate surface area is 253 Å². The van der Waals surface area contributed by atoms with Crippen LogP contribution in [0.4, 0.5) is 19.0 Å². The molecule has 0 bridgehead atoms. The number of hydrogen-bond acceptors (Lipinski definition) is 5. The van der Waals surface area contributed by atoms with Gasteiger partial charge in [-0.3, -0.25) is 14.4 Å². The number of anilines is 1. The number of amides is 2. The van der Waals surface area contributed by atoms with Gasteiger partial charge in [0, 0.05) is 19.2 Å². The maximum atomic E-state index is 12.8. The van der Waals surface area contributed by atoms with Gasteiger partial charge in [0.25, 0.3) is 0 Å². The molecule has 208 valence electrons. The smallest absolute Gasteiger partial charge is 1.00 e. The number of aromatic nitrogens is 1. The minimum Gasteiger partial charge on any atom is -1.00 e. The number of carboxylic acid groups (broad SMARTS) is 1. The second kappa shape index (κ2) is 16.0. The van der Waals surface area contributed by atoms with Gasteiger partial charge in [-0.05, 0) is 53.8 Å². The fourth-order valence-electron chi connectivity index (χ4n) is 3.79. The summed E-state index contributed by atoms with van der Waals surface area (Å²) in [5.74, 6) is -1.21. The minimum atomic E-state index is -4.43. The monoisotopic (exact) mass is 566 g/mol. The molecule has 0 aliphatic carbocycles. The predicted molar refractivity (Wildman–Crippen MR) is 141 cm³/mol. The first kappa shape index (κ1) is 32.8. The molecule has 0 spiro atoms. The molecule has 0 saturated heterocycles. The molecule has 3 aromatic rings. The van der Waals surface area contributed by atoms with Crippen molar-refractivity contribution in [3.63, 3.8) is 0 Å². The quantitative estimate of drug-likeness (QED) is 0.185. The van der Waals surface area contributed by atoms with Gasteiger partial charge in [0.15, 0.2) is 0 Å². The number of aliphatic carboxylic acids is 1. The van der Waals surface area contributed by atoms with E-state index in [0.717, 1.165) is 24.4 Å². The number of rotatable bonds is 13. The summed E-state index contributed by atoms with van der Waals surface area (Å²) in [5, 5.41) is 17.6. The second-order valence-electron chi connectivity index (χ2n) is 8.79. The van der Waals surface area contributed by atoms with E-state index in [2.05, 4.69) is 20.9 Å². The normalized spacial score (nSPS) is 11.6. The molecule has 3 rings (SSSR count). The van der Waals surface area contributed by atoms with E-state index in [0.29, 0.717) is 29.7 Å². The Morgan fingerprint density at radius 2 is 1.55 bits per heavy atom. The van der Waals surface area contributed by atoms with Gasteiger partial charge in [-0.15, -0.1) is 0 Å². The van der Waals surface area contributed by atoms with E-state index in [1.54, 1.807) is 30.5 Å². The third kappa shape index (κ3) is 11.0. The summed E-state index contributed by atoms with van der Waals surface area (Å²) >= 11 is 0. The number of hydrogen-bond donors (Lipinski definition) is 4. The zero-order valence-electron chi connectivity index (χ0n) is 23.0. The molecule has 2 aromatic carbocycles. The number of alkyl halides is 3. The third-order valence-electron chi connectivity index (χ3n) is 5.82. The number of halogens is 3. The van der Waals surface area contributed by atoms with Crippen LogP contribution < -0.4 is 45.5 Å².